The topological polar surface area (TPSA) is 100 Å². The second-order valence-electron chi connectivity index (χ2n) is 7.12. The average Bonchev–Trinajstić information content (AvgIpc) is 2.75. The summed E-state index contributed by atoms with van der Waals surface area (Å²) in [5.41, 5.74) is 6.35. The third kappa shape index (κ3) is 5.12. The molecule has 2 aromatic rings. The molecule has 0 amide bonds. The van der Waals surface area contributed by atoms with Gasteiger partial charge in [0.25, 0.3) is 0 Å². The van der Waals surface area contributed by atoms with Crippen LogP contribution in [-0.2, 0) is 15.3 Å². The lowest BCUT2D eigenvalue weighted by Crippen LogP contribution is -2.34. The average molecular weight is 436 g/mol. The third-order valence-electron chi connectivity index (χ3n) is 4.92. The number of nitriles is 1. The van der Waals surface area contributed by atoms with Crippen LogP contribution in [0.3, 0.4) is 0 Å². The van der Waals surface area contributed by atoms with Crippen LogP contribution in [0.2, 0.25) is 0 Å². The van der Waals surface area contributed by atoms with Crippen LogP contribution >= 0.6 is 11.8 Å². The molecule has 7 nitrogen and oxygen atoms in total. The van der Waals surface area contributed by atoms with Gasteiger partial charge in [0.2, 0.25) is 0 Å². The Hall–Kier alpha value is -3.18. The summed E-state index contributed by atoms with van der Waals surface area (Å²) in [5.74, 6) is 0.207. The molecule has 2 heterocycles. The number of hydrogen-bond acceptors (Lipinski definition) is 8. The summed E-state index contributed by atoms with van der Waals surface area (Å²) in [4.78, 5) is 26.7. The van der Waals surface area contributed by atoms with Crippen molar-refractivity contribution >= 4 is 23.4 Å². The molecule has 0 saturated carbocycles. The van der Waals surface area contributed by atoms with Gasteiger partial charge in [-0.2, -0.15) is 5.26 Å². The van der Waals surface area contributed by atoms with Crippen LogP contribution in [0.5, 0.6) is 0 Å². The Bertz CT molecular complexity index is 1100. The number of benzene rings is 1. The zero-order valence-electron chi connectivity index (χ0n) is 18.3. The maximum Gasteiger partial charge on any atom is 0.342 e. The van der Waals surface area contributed by atoms with Gasteiger partial charge in [0.1, 0.15) is 5.57 Å². The lowest BCUT2D eigenvalue weighted by Gasteiger charge is -2.26. The maximum absolute atomic E-state index is 12.6. The molecule has 0 aliphatic carbocycles. The third-order valence-corrected chi connectivity index (χ3v) is 5.90. The number of nitrogens with zero attached hydrogens (tertiary/aromatic N) is 4. The highest BCUT2D eigenvalue weighted by atomic mass is 32.2. The molecule has 1 aliphatic heterocycles. The van der Waals surface area contributed by atoms with E-state index in [4.69, 9.17) is 15.0 Å². The van der Waals surface area contributed by atoms with Crippen molar-refractivity contribution < 1.29 is 9.53 Å². The Kier molecular flexibility index (Phi) is 7.08. The lowest BCUT2D eigenvalue weighted by atomic mass is 9.98. The first-order chi connectivity index (χ1) is 14.8. The number of carbonyl (C=O) groups excluding carboxylic acids is 1. The van der Waals surface area contributed by atoms with Crippen LogP contribution in [0.4, 0.5) is 0 Å². The summed E-state index contributed by atoms with van der Waals surface area (Å²) in [6, 6.07) is 9.14. The summed E-state index contributed by atoms with van der Waals surface area (Å²) >= 11 is 1.58. The van der Waals surface area contributed by atoms with Crippen LogP contribution in [0.1, 0.15) is 47.8 Å². The second-order valence-corrected chi connectivity index (χ2v) is 8.19. The Morgan fingerprint density at radius 3 is 2.45 bits per heavy atom. The zero-order chi connectivity index (χ0) is 22.5. The molecule has 0 fully saturated rings. The first-order valence-electron chi connectivity index (χ1n) is 9.99. The van der Waals surface area contributed by atoms with E-state index < -0.39 is 5.97 Å². The first kappa shape index (κ1) is 22.5. The molecule has 1 aromatic carbocycles. The molecule has 1 aliphatic rings. The fraction of sp³-hybridized carbons (Fsp3) is 0.348. The van der Waals surface area contributed by atoms with Gasteiger partial charge >= 0.3 is 5.97 Å². The molecule has 1 aromatic heterocycles. The molecule has 1 N–H and O–H groups in total. The standard InChI is InChI=1S/C23H25N5O2S/c1-6-30-22(29)20-16(5)27-23(28-21(20)18-9-7-17(11-24)8-10-18)31-12-19-15(4)25-13(2)14(3)26-19/h7-10,23,27H,6,12H2,1-5H3. The van der Waals surface area contributed by atoms with E-state index in [1.807, 2.05) is 27.7 Å². The van der Waals surface area contributed by atoms with Gasteiger partial charge in [-0.25, -0.2) is 9.79 Å². The summed E-state index contributed by atoms with van der Waals surface area (Å²) in [5, 5.41) is 12.4. The van der Waals surface area contributed by atoms with Crippen molar-refractivity contribution in [2.45, 2.75) is 45.9 Å². The number of aliphatic imine (C=N–C) groups is 1. The number of allylic oxidation sites excluding steroid dienone is 1. The summed E-state index contributed by atoms with van der Waals surface area (Å²) < 4.78 is 5.26. The van der Waals surface area contributed by atoms with Gasteiger partial charge in [-0.1, -0.05) is 12.1 Å². The van der Waals surface area contributed by atoms with E-state index in [2.05, 4.69) is 21.4 Å². The number of aryl methyl sites for hydroxylation is 3. The van der Waals surface area contributed by atoms with Crippen molar-refractivity contribution in [3.8, 4) is 6.07 Å². The molecule has 0 spiro atoms. The van der Waals surface area contributed by atoms with Crippen LogP contribution in [0, 0.1) is 32.1 Å². The van der Waals surface area contributed by atoms with Gasteiger partial charge in [0.15, 0.2) is 5.50 Å². The monoisotopic (exact) mass is 435 g/mol. The summed E-state index contributed by atoms with van der Waals surface area (Å²) in [7, 11) is 0. The van der Waals surface area contributed by atoms with Crippen molar-refractivity contribution in [1.82, 2.24) is 15.3 Å². The molecule has 8 heteroatoms. The molecular formula is C23H25N5O2S. The predicted octanol–water partition coefficient (Wildman–Crippen LogP) is 3.72. The SMILES string of the molecule is CCOC(=O)C1=C(C)NC(SCc2nc(C)c(C)nc2C)N=C1c1ccc(C#N)cc1. The van der Waals surface area contributed by atoms with Gasteiger partial charge in [0, 0.05) is 17.0 Å². The number of rotatable bonds is 6. The Balaban J connectivity index is 1.91. The number of aromatic nitrogens is 2. The second kappa shape index (κ2) is 9.75. The Morgan fingerprint density at radius 2 is 1.81 bits per heavy atom. The quantitative estimate of drug-likeness (QED) is 0.690. The normalized spacial score (nSPS) is 15.7. The zero-order valence-corrected chi connectivity index (χ0v) is 19.1. The number of hydrogen-bond donors (Lipinski definition) is 1. The highest BCUT2D eigenvalue weighted by Crippen LogP contribution is 2.26. The van der Waals surface area contributed by atoms with E-state index in [-0.39, 0.29) is 12.1 Å². The van der Waals surface area contributed by atoms with E-state index in [0.717, 1.165) is 28.3 Å². The van der Waals surface area contributed by atoms with Crippen molar-refractivity contribution in [3.63, 3.8) is 0 Å². The van der Waals surface area contributed by atoms with E-state index in [9.17, 15) is 4.79 Å². The highest BCUT2D eigenvalue weighted by Gasteiger charge is 2.28. The Morgan fingerprint density at radius 1 is 1.13 bits per heavy atom. The van der Waals surface area contributed by atoms with E-state index in [1.54, 1.807) is 43.0 Å². The molecule has 1 atom stereocenters. The minimum Gasteiger partial charge on any atom is -0.462 e. The van der Waals surface area contributed by atoms with Crippen molar-refractivity contribution in [2.75, 3.05) is 6.61 Å². The number of esters is 1. The van der Waals surface area contributed by atoms with Crippen LogP contribution in [0.25, 0.3) is 0 Å². The van der Waals surface area contributed by atoms with Gasteiger partial charge < -0.3 is 10.1 Å². The number of carbonyl (C=O) groups is 1. The van der Waals surface area contributed by atoms with Gasteiger partial charge in [-0.05, 0) is 46.8 Å². The molecule has 160 valence electrons. The van der Waals surface area contributed by atoms with Crippen LogP contribution in [0.15, 0.2) is 40.5 Å². The fourth-order valence-corrected chi connectivity index (χ4v) is 4.19. The summed E-state index contributed by atoms with van der Waals surface area (Å²) in [6.07, 6.45) is 0. The minimum atomic E-state index is -0.421. The van der Waals surface area contributed by atoms with E-state index in [0.29, 0.717) is 28.3 Å². The van der Waals surface area contributed by atoms with Gasteiger partial charge in [0.05, 0.1) is 46.7 Å². The van der Waals surface area contributed by atoms with Crippen LogP contribution < -0.4 is 5.32 Å². The molecular weight excluding hydrogens is 410 g/mol. The first-order valence-corrected chi connectivity index (χ1v) is 11.0. The fourth-order valence-electron chi connectivity index (χ4n) is 3.16. The maximum atomic E-state index is 12.6. The predicted molar refractivity (Wildman–Crippen MR) is 121 cm³/mol. The molecule has 0 bridgehead atoms. The van der Waals surface area contributed by atoms with Crippen LogP contribution in [-0.4, -0.2) is 33.8 Å². The lowest BCUT2D eigenvalue weighted by molar-refractivity contribution is -0.137. The number of nitrogens with one attached hydrogen (secondary N) is 1. The molecule has 31 heavy (non-hydrogen) atoms. The molecule has 1 unspecified atom stereocenters. The highest BCUT2D eigenvalue weighted by molar-refractivity contribution is 7.99. The van der Waals surface area contributed by atoms with Crippen molar-refractivity contribution in [1.29, 1.82) is 5.26 Å². The van der Waals surface area contributed by atoms with E-state index in [1.165, 1.54) is 0 Å². The van der Waals surface area contributed by atoms with Crippen molar-refractivity contribution in [2.24, 2.45) is 4.99 Å². The Labute approximate surface area is 186 Å². The molecule has 3 rings (SSSR count). The van der Waals surface area contributed by atoms with E-state index >= 15 is 0 Å². The number of thioether (sulfide) groups is 1. The van der Waals surface area contributed by atoms with Crippen molar-refractivity contribution in [3.05, 3.63) is 69.4 Å². The summed E-state index contributed by atoms with van der Waals surface area (Å²) in [6.45, 7) is 9.76. The largest absolute Gasteiger partial charge is 0.462 e. The van der Waals surface area contributed by atoms with Gasteiger partial charge in [-0.3, -0.25) is 9.97 Å². The van der Waals surface area contributed by atoms with Gasteiger partial charge in [-0.15, -0.1) is 11.8 Å². The smallest absolute Gasteiger partial charge is 0.342 e. The number of ether oxygens (including phenoxy) is 1. The molecule has 0 saturated heterocycles. The minimum absolute atomic E-state index is 0.277. The molecule has 0 radical (unpaired) electrons.